The minimum absolute atomic E-state index is 0.0316. The van der Waals surface area contributed by atoms with E-state index in [4.69, 9.17) is 0 Å². The number of imidazole rings is 1. The SMILES string of the molecule is CC(C)(C)NC(=O)C(=O)[C@H](C[C@@H]1CCCC1=O)NC(=O)[C@@H](CC(=O)c1nc2ccccc2[nH]1)Cc1ccccc1. The van der Waals surface area contributed by atoms with Gasteiger partial charge >= 0.3 is 0 Å². The van der Waals surface area contributed by atoms with E-state index in [0.717, 1.165) is 12.0 Å². The summed E-state index contributed by atoms with van der Waals surface area (Å²) in [6, 6.07) is 15.4. The van der Waals surface area contributed by atoms with Crippen molar-refractivity contribution in [2.45, 2.75) is 70.9 Å². The Hall–Kier alpha value is -4.14. The third-order valence-electron chi connectivity index (χ3n) is 7.08. The third kappa shape index (κ3) is 7.49. The van der Waals surface area contributed by atoms with E-state index in [1.54, 1.807) is 26.8 Å². The number of rotatable bonds is 11. The first-order chi connectivity index (χ1) is 19.0. The molecule has 1 aromatic heterocycles. The van der Waals surface area contributed by atoms with Crippen LogP contribution in [0.5, 0.6) is 0 Å². The summed E-state index contributed by atoms with van der Waals surface area (Å²) in [4.78, 5) is 72.8. The van der Waals surface area contributed by atoms with Crippen molar-refractivity contribution in [2.24, 2.45) is 11.8 Å². The van der Waals surface area contributed by atoms with E-state index in [1.165, 1.54) is 0 Å². The highest BCUT2D eigenvalue weighted by molar-refractivity contribution is 6.38. The van der Waals surface area contributed by atoms with E-state index in [9.17, 15) is 24.0 Å². The second-order valence-electron chi connectivity index (χ2n) is 11.5. The molecule has 0 bridgehead atoms. The number of nitrogens with zero attached hydrogens (tertiary/aromatic N) is 1. The number of aromatic nitrogens is 2. The van der Waals surface area contributed by atoms with Crippen molar-refractivity contribution in [1.29, 1.82) is 0 Å². The van der Waals surface area contributed by atoms with Crippen LogP contribution >= 0.6 is 0 Å². The molecule has 1 heterocycles. The topological polar surface area (TPSA) is 138 Å². The Balaban J connectivity index is 1.57. The zero-order valence-corrected chi connectivity index (χ0v) is 23.2. The number of carbonyl (C=O) groups excluding carboxylic acids is 5. The van der Waals surface area contributed by atoms with Gasteiger partial charge in [0.2, 0.25) is 11.7 Å². The lowest BCUT2D eigenvalue weighted by molar-refractivity contribution is -0.141. The quantitative estimate of drug-likeness (QED) is 0.248. The summed E-state index contributed by atoms with van der Waals surface area (Å²) >= 11 is 0. The van der Waals surface area contributed by atoms with Gasteiger partial charge in [-0.05, 0) is 64.2 Å². The molecule has 9 heteroatoms. The van der Waals surface area contributed by atoms with Crippen molar-refractivity contribution in [3.05, 3.63) is 66.0 Å². The Labute approximate surface area is 233 Å². The Bertz CT molecular complexity index is 1370. The molecule has 1 fully saturated rings. The van der Waals surface area contributed by atoms with Gasteiger partial charge in [-0.3, -0.25) is 24.0 Å². The molecular weight excluding hydrogens is 508 g/mol. The largest absolute Gasteiger partial charge is 0.345 e. The van der Waals surface area contributed by atoms with Gasteiger partial charge < -0.3 is 15.6 Å². The van der Waals surface area contributed by atoms with Crippen LogP contribution in [0.25, 0.3) is 11.0 Å². The average Bonchev–Trinajstić information content (AvgIpc) is 3.53. The molecule has 0 spiro atoms. The molecule has 40 heavy (non-hydrogen) atoms. The van der Waals surface area contributed by atoms with Crippen molar-refractivity contribution in [1.82, 2.24) is 20.6 Å². The zero-order chi connectivity index (χ0) is 28.9. The molecule has 3 aromatic rings. The number of amides is 2. The fourth-order valence-electron chi connectivity index (χ4n) is 5.06. The van der Waals surface area contributed by atoms with E-state index < -0.39 is 41.0 Å². The van der Waals surface area contributed by atoms with E-state index in [0.29, 0.717) is 23.9 Å². The first-order valence-electron chi connectivity index (χ1n) is 13.7. The van der Waals surface area contributed by atoms with Gasteiger partial charge in [-0.15, -0.1) is 0 Å². The number of fused-ring (bicyclic) bond motifs is 1. The number of hydrogen-bond donors (Lipinski definition) is 3. The molecule has 210 valence electrons. The van der Waals surface area contributed by atoms with Gasteiger partial charge in [0.25, 0.3) is 5.91 Å². The highest BCUT2D eigenvalue weighted by Crippen LogP contribution is 2.26. The molecule has 9 nitrogen and oxygen atoms in total. The van der Waals surface area contributed by atoms with Gasteiger partial charge in [-0.1, -0.05) is 42.5 Å². The molecule has 0 saturated heterocycles. The van der Waals surface area contributed by atoms with Crippen molar-refractivity contribution >= 4 is 40.2 Å². The number of nitrogens with one attached hydrogen (secondary N) is 3. The van der Waals surface area contributed by atoms with Crippen LogP contribution < -0.4 is 10.6 Å². The average molecular weight is 545 g/mol. The third-order valence-corrected chi connectivity index (χ3v) is 7.08. The number of Topliss-reactive ketones (excluding diaryl/α,β-unsaturated/α-hetero) is 3. The van der Waals surface area contributed by atoms with Gasteiger partial charge in [0.1, 0.15) is 5.78 Å². The first-order valence-corrected chi connectivity index (χ1v) is 13.7. The summed E-state index contributed by atoms with van der Waals surface area (Å²) in [5, 5.41) is 5.40. The molecule has 1 aliphatic rings. The second kappa shape index (κ2) is 12.4. The molecule has 2 aromatic carbocycles. The molecule has 3 atom stereocenters. The van der Waals surface area contributed by atoms with Crippen molar-refractivity contribution in [3.63, 3.8) is 0 Å². The van der Waals surface area contributed by atoms with Crippen LogP contribution in [-0.2, 0) is 25.6 Å². The highest BCUT2D eigenvalue weighted by Gasteiger charge is 2.36. The van der Waals surface area contributed by atoms with E-state index in [-0.39, 0.29) is 36.7 Å². The summed E-state index contributed by atoms with van der Waals surface area (Å²) in [6.45, 7) is 5.27. The lowest BCUT2D eigenvalue weighted by Crippen LogP contribution is -2.53. The Kier molecular flexibility index (Phi) is 8.92. The standard InChI is InChI=1S/C31H36N4O5/c1-31(2,3)35-30(40)27(38)24(17-20-12-9-15-25(20)36)34-29(39)21(16-19-10-5-4-6-11-19)18-26(37)28-32-22-13-7-8-14-23(22)33-28/h4-8,10-11,13-14,20-21,24H,9,12,15-18H2,1-3H3,(H,32,33)(H,34,39)(H,35,40)/t20-,21+,24-/m0/s1. The zero-order valence-electron chi connectivity index (χ0n) is 23.2. The molecule has 4 rings (SSSR count). The number of aromatic amines is 1. The molecular formula is C31H36N4O5. The minimum atomic E-state index is -1.18. The van der Waals surface area contributed by atoms with Crippen molar-refractivity contribution in [2.75, 3.05) is 0 Å². The molecule has 0 unspecified atom stereocenters. The van der Waals surface area contributed by atoms with Gasteiger partial charge in [-0.2, -0.15) is 0 Å². The minimum Gasteiger partial charge on any atom is -0.345 e. The predicted molar refractivity (Wildman–Crippen MR) is 150 cm³/mol. The monoisotopic (exact) mass is 544 g/mol. The van der Waals surface area contributed by atoms with Crippen LogP contribution in [0.1, 0.15) is 69.1 Å². The number of H-pyrrole nitrogens is 1. The molecule has 3 N–H and O–H groups in total. The van der Waals surface area contributed by atoms with Gasteiger partial charge in [0, 0.05) is 30.2 Å². The summed E-state index contributed by atoms with van der Waals surface area (Å²) in [5.41, 5.74) is 1.55. The number of para-hydroxylation sites is 2. The van der Waals surface area contributed by atoms with Crippen LogP contribution in [0.3, 0.4) is 0 Å². The summed E-state index contributed by atoms with van der Waals surface area (Å²) in [6.07, 6.45) is 1.90. The predicted octanol–water partition coefficient (Wildman–Crippen LogP) is 3.72. The molecule has 0 radical (unpaired) electrons. The highest BCUT2D eigenvalue weighted by atomic mass is 16.2. The lowest BCUT2D eigenvalue weighted by atomic mass is 9.90. The Morgan fingerprint density at radius 3 is 2.38 bits per heavy atom. The van der Waals surface area contributed by atoms with Gasteiger partial charge in [-0.25, -0.2) is 4.98 Å². The fourth-order valence-corrected chi connectivity index (χ4v) is 5.06. The lowest BCUT2D eigenvalue weighted by Gasteiger charge is -2.25. The van der Waals surface area contributed by atoms with Crippen molar-refractivity contribution < 1.29 is 24.0 Å². The summed E-state index contributed by atoms with van der Waals surface area (Å²) in [5.74, 6) is -3.53. The summed E-state index contributed by atoms with van der Waals surface area (Å²) < 4.78 is 0. The second-order valence-corrected chi connectivity index (χ2v) is 11.5. The van der Waals surface area contributed by atoms with Crippen LogP contribution in [0.2, 0.25) is 0 Å². The fraction of sp³-hybridized carbons (Fsp3) is 0.419. The van der Waals surface area contributed by atoms with E-state index in [2.05, 4.69) is 20.6 Å². The Morgan fingerprint density at radius 1 is 1.02 bits per heavy atom. The number of benzene rings is 2. The van der Waals surface area contributed by atoms with Gasteiger partial charge in [0.05, 0.1) is 17.1 Å². The van der Waals surface area contributed by atoms with Crippen LogP contribution in [0.4, 0.5) is 0 Å². The summed E-state index contributed by atoms with van der Waals surface area (Å²) in [7, 11) is 0. The molecule has 1 aliphatic carbocycles. The van der Waals surface area contributed by atoms with Crippen LogP contribution in [0.15, 0.2) is 54.6 Å². The van der Waals surface area contributed by atoms with Gasteiger partial charge in [0.15, 0.2) is 11.6 Å². The maximum Gasteiger partial charge on any atom is 0.290 e. The maximum atomic E-state index is 13.7. The number of hydrogen-bond acceptors (Lipinski definition) is 6. The number of carbonyl (C=O) groups is 5. The van der Waals surface area contributed by atoms with Crippen LogP contribution in [-0.4, -0.2) is 50.7 Å². The molecule has 2 amide bonds. The van der Waals surface area contributed by atoms with E-state index in [1.807, 2.05) is 48.5 Å². The molecule has 1 saturated carbocycles. The van der Waals surface area contributed by atoms with Crippen molar-refractivity contribution in [3.8, 4) is 0 Å². The maximum absolute atomic E-state index is 13.7. The van der Waals surface area contributed by atoms with E-state index >= 15 is 0 Å². The van der Waals surface area contributed by atoms with Crippen LogP contribution in [0, 0.1) is 11.8 Å². The normalized spacial score (nSPS) is 16.9. The first kappa shape index (κ1) is 28.9. The number of ketones is 3. The smallest absolute Gasteiger partial charge is 0.290 e. The Morgan fingerprint density at radius 2 is 1.73 bits per heavy atom. The molecule has 0 aliphatic heterocycles.